The Morgan fingerprint density at radius 2 is 1.38 bits per heavy atom. The van der Waals surface area contributed by atoms with E-state index in [1.807, 2.05) is 6.92 Å². The minimum absolute atomic E-state index is 0.211. The number of carbonyl (C=O) groups is 4. The number of aliphatic carboxylic acids is 1. The predicted octanol–water partition coefficient (Wildman–Crippen LogP) is -1.68. The highest BCUT2D eigenvalue weighted by Gasteiger charge is 2.31. The van der Waals surface area contributed by atoms with Gasteiger partial charge in [0.1, 0.15) is 12.1 Å². The van der Waals surface area contributed by atoms with Crippen molar-refractivity contribution in [2.75, 3.05) is 0 Å². The number of aliphatic hydroxyl groups is 1. The Morgan fingerprint density at radius 1 is 0.885 bits per heavy atom. The molecule has 0 aromatic rings. The van der Waals surface area contributed by atoms with Crippen LogP contribution in [0, 0.1) is 5.92 Å². The third-order valence-electron chi connectivity index (χ3n) is 4.01. The molecule has 0 aromatic carbocycles. The van der Waals surface area contributed by atoms with E-state index in [1.54, 1.807) is 6.92 Å². The van der Waals surface area contributed by atoms with Crippen LogP contribution in [0.4, 0.5) is 0 Å². The Labute approximate surface area is 152 Å². The summed E-state index contributed by atoms with van der Waals surface area (Å²) >= 11 is 0. The molecule has 0 heterocycles. The van der Waals surface area contributed by atoms with Crippen molar-refractivity contribution in [2.24, 2.45) is 11.7 Å². The highest BCUT2D eigenvalue weighted by molar-refractivity contribution is 5.94. The van der Waals surface area contributed by atoms with Crippen LogP contribution in [0.15, 0.2) is 0 Å². The molecular formula is C16H30N4O6. The zero-order valence-corrected chi connectivity index (χ0v) is 15.8. The summed E-state index contributed by atoms with van der Waals surface area (Å²) < 4.78 is 0. The molecule has 6 unspecified atom stereocenters. The molecule has 0 aromatic heterocycles. The zero-order chi connectivity index (χ0) is 20.6. The molecule has 150 valence electrons. The highest BCUT2D eigenvalue weighted by atomic mass is 16.4. The number of carboxylic acids is 1. The summed E-state index contributed by atoms with van der Waals surface area (Å²) in [6.07, 6.45) is -0.710. The van der Waals surface area contributed by atoms with Gasteiger partial charge in [-0.3, -0.25) is 14.4 Å². The van der Waals surface area contributed by atoms with Gasteiger partial charge in [0.2, 0.25) is 17.7 Å². The average molecular weight is 374 g/mol. The second-order valence-electron chi connectivity index (χ2n) is 6.46. The highest BCUT2D eigenvalue weighted by Crippen LogP contribution is 2.09. The summed E-state index contributed by atoms with van der Waals surface area (Å²) in [7, 11) is 0. The Kier molecular flexibility index (Phi) is 9.81. The summed E-state index contributed by atoms with van der Waals surface area (Å²) in [4.78, 5) is 47.4. The SMILES string of the molecule is CCC(C)C(NC(=O)C(C)N)C(=O)NC(C)C(=O)NC(C(=O)O)C(C)O. The van der Waals surface area contributed by atoms with Gasteiger partial charge in [-0.2, -0.15) is 0 Å². The molecular weight excluding hydrogens is 344 g/mol. The summed E-state index contributed by atoms with van der Waals surface area (Å²) in [6.45, 7) is 7.70. The molecule has 0 rings (SSSR count). The van der Waals surface area contributed by atoms with Crippen LogP contribution < -0.4 is 21.7 Å². The monoisotopic (exact) mass is 374 g/mol. The van der Waals surface area contributed by atoms with Gasteiger partial charge in [0.25, 0.3) is 0 Å². The molecule has 0 saturated carbocycles. The molecule has 0 radical (unpaired) electrons. The first-order valence-electron chi connectivity index (χ1n) is 8.49. The van der Waals surface area contributed by atoms with Crippen LogP contribution in [0.25, 0.3) is 0 Å². The number of carboxylic acid groups (broad SMARTS) is 1. The van der Waals surface area contributed by atoms with Crippen molar-refractivity contribution in [1.29, 1.82) is 0 Å². The summed E-state index contributed by atoms with van der Waals surface area (Å²) in [5.41, 5.74) is 5.50. The van der Waals surface area contributed by atoms with Crippen molar-refractivity contribution >= 4 is 23.7 Å². The van der Waals surface area contributed by atoms with Gasteiger partial charge in [0.15, 0.2) is 6.04 Å². The minimum Gasteiger partial charge on any atom is -0.480 e. The lowest BCUT2D eigenvalue weighted by Crippen LogP contribution is -2.58. The van der Waals surface area contributed by atoms with Crippen molar-refractivity contribution in [3.05, 3.63) is 0 Å². The second kappa shape index (κ2) is 10.7. The van der Waals surface area contributed by atoms with Gasteiger partial charge in [-0.05, 0) is 26.7 Å². The van der Waals surface area contributed by atoms with Crippen LogP contribution in [-0.4, -0.2) is 64.2 Å². The maximum atomic E-state index is 12.5. The van der Waals surface area contributed by atoms with Crippen LogP contribution in [-0.2, 0) is 19.2 Å². The van der Waals surface area contributed by atoms with Crippen LogP contribution in [0.2, 0.25) is 0 Å². The fourth-order valence-electron chi connectivity index (χ4n) is 2.02. The number of amides is 3. The minimum atomic E-state index is -1.50. The van der Waals surface area contributed by atoms with Crippen LogP contribution in [0.1, 0.15) is 41.0 Å². The Balaban J connectivity index is 5.02. The van der Waals surface area contributed by atoms with E-state index in [9.17, 15) is 24.3 Å². The maximum absolute atomic E-state index is 12.5. The molecule has 26 heavy (non-hydrogen) atoms. The van der Waals surface area contributed by atoms with E-state index in [0.29, 0.717) is 6.42 Å². The van der Waals surface area contributed by atoms with E-state index in [-0.39, 0.29) is 5.92 Å². The number of hydrogen-bond acceptors (Lipinski definition) is 6. The molecule has 0 spiro atoms. The first kappa shape index (κ1) is 23.8. The molecule has 0 aliphatic heterocycles. The number of nitrogens with two attached hydrogens (primary N) is 1. The number of rotatable bonds is 10. The Morgan fingerprint density at radius 3 is 1.77 bits per heavy atom. The smallest absolute Gasteiger partial charge is 0.328 e. The van der Waals surface area contributed by atoms with Gasteiger partial charge in [-0.15, -0.1) is 0 Å². The molecule has 0 bridgehead atoms. The lowest BCUT2D eigenvalue weighted by atomic mass is 9.97. The van der Waals surface area contributed by atoms with Gasteiger partial charge in [0.05, 0.1) is 12.1 Å². The molecule has 0 saturated heterocycles. The largest absolute Gasteiger partial charge is 0.480 e. The lowest BCUT2D eigenvalue weighted by molar-refractivity contribution is -0.145. The molecule has 10 nitrogen and oxygen atoms in total. The summed E-state index contributed by atoms with van der Waals surface area (Å²) in [5.74, 6) is -3.46. The standard InChI is InChI=1S/C16H30N4O6/c1-6-7(2)11(19-13(22)8(3)17)15(24)18-9(4)14(23)20-12(10(5)21)16(25)26/h7-12,21H,6,17H2,1-5H3,(H,18,24)(H,19,22)(H,20,23)(H,25,26). The molecule has 10 heteroatoms. The predicted molar refractivity (Wildman–Crippen MR) is 93.9 cm³/mol. The van der Waals surface area contributed by atoms with Gasteiger partial charge < -0.3 is 31.9 Å². The molecule has 3 amide bonds. The number of carbonyl (C=O) groups excluding carboxylic acids is 3. The molecule has 7 N–H and O–H groups in total. The van der Waals surface area contributed by atoms with Crippen LogP contribution >= 0.6 is 0 Å². The Hall–Kier alpha value is -2.20. The van der Waals surface area contributed by atoms with Gasteiger partial charge >= 0.3 is 5.97 Å². The third-order valence-corrected chi connectivity index (χ3v) is 4.01. The number of hydrogen-bond donors (Lipinski definition) is 6. The summed E-state index contributed by atoms with van der Waals surface area (Å²) in [5, 5.41) is 25.5. The van der Waals surface area contributed by atoms with E-state index in [4.69, 9.17) is 10.8 Å². The van der Waals surface area contributed by atoms with E-state index < -0.39 is 54.0 Å². The molecule has 0 aliphatic carbocycles. The van der Waals surface area contributed by atoms with Crippen molar-refractivity contribution in [1.82, 2.24) is 16.0 Å². The van der Waals surface area contributed by atoms with E-state index in [0.717, 1.165) is 0 Å². The van der Waals surface area contributed by atoms with Gasteiger partial charge in [-0.1, -0.05) is 20.3 Å². The van der Waals surface area contributed by atoms with E-state index in [2.05, 4.69) is 16.0 Å². The fourth-order valence-corrected chi connectivity index (χ4v) is 2.02. The maximum Gasteiger partial charge on any atom is 0.328 e. The lowest BCUT2D eigenvalue weighted by Gasteiger charge is -2.26. The number of nitrogens with one attached hydrogen (secondary N) is 3. The Bertz CT molecular complexity index is 523. The second-order valence-corrected chi connectivity index (χ2v) is 6.46. The van der Waals surface area contributed by atoms with E-state index >= 15 is 0 Å². The van der Waals surface area contributed by atoms with Crippen LogP contribution in [0.3, 0.4) is 0 Å². The first-order valence-corrected chi connectivity index (χ1v) is 8.49. The summed E-state index contributed by atoms with van der Waals surface area (Å²) in [6, 6.07) is -4.25. The zero-order valence-electron chi connectivity index (χ0n) is 15.8. The fraction of sp³-hybridized carbons (Fsp3) is 0.750. The van der Waals surface area contributed by atoms with Gasteiger partial charge in [-0.25, -0.2) is 4.79 Å². The number of aliphatic hydroxyl groups excluding tert-OH is 1. The third kappa shape index (κ3) is 7.36. The van der Waals surface area contributed by atoms with Crippen molar-refractivity contribution < 1.29 is 29.4 Å². The quantitative estimate of drug-likeness (QED) is 0.265. The molecule has 6 atom stereocenters. The van der Waals surface area contributed by atoms with Crippen molar-refractivity contribution in [3.8, 4) is 0 Å². The molecule has 0 aliphatic rings. The van der Waals surface area contributed by atoms with Gasteiger partial charge in [0, 0.05) is 0 Å². The van der Waals surface area contributed by atoms with Crippen molar-refractivity contribution in [2.45, 2.75) is 71.3 Å². The molecule has 0 fully saturated rings. The van der Waals surface area contributed by atoms with Crippen LogP contribution in [0.5, 0.6) is 0 Å². The topological polar surface area (TPSA) is 171 Å². The normalized spacial score (nSPS) is 17.8. The van der Waals surface area contributed by atoms with E-state index in [1.165, 1.54) is 20.8 Å². The first-order chi connectivity index (χ1) is 11.9. The van der Waals surface area contributed by atoms with Crippen molar-refractivity contribution in [3.63, 3.8) is 0 Å². The average Bonchev–Trinajstić information content (AvgIpc) is 2.55.